The number of nitrogens with zero attached hydrogens (tertiary/aromatic N) is 2. The molecule has 1 aliphatic rings. The number of hydrogen-bond donors (Lipinski definition) is 0. The molecule has 0 N–H and O–H groups in total. The quantitative estimate of drug-likeness (QED) is 0.798. The molecule has 1 amide bonds. The van der Waals surface area contributed by atoms with Crippen LogP contribution in [0.25, 0.3) is 0 Å². The summed E-state index contributed by atoms with van der Waals surface area (Å²) < 4.78 is 11.3. The lowest BCUT2D eigenvalue weighted by molar-refractivity contribution is -0.138. The van der Waals surface area contributed by atoms with Gasteiger partial charge in [-0.3, -0.25) is 9.78 Å². The molecule has 0 spiro atoms. The summed E-state index contributed by atoms with van der Waals surface area (Å²) in [5.74, 6) is 1.87. The molecule has 0 unspecified atom stereocenters. The van der Waals surface area contributed by atoms with Gasteiger partial charge in [0.15, 0.2) is 11.5 Å². The predicted octanol–water partition coefficient (Wildman–Crippen LogP) is 3.33. The highest BCUT2D eigenvalue weighted by Crippen LogP contribution is 2.36. The third-order valence-corrected chi connectivity index (χ3v) is 4.54. The fourth-order valence-electron chi connectivity index (χ4n) is 3.35. The zero-order chi connectivity index (χ0) is 18.5. The Morgan fingerprint density at radius 2 is 2.08 bits per heavy atom. The van der Waals surface area contributed by atoms with E-state index in [0.29, 0.717) is 25.5 Å². The summed E-state index contributed by atoms with van der Waals surface area (Å²) in [7, 11) is 1.63. The number of para-hydroxylation sites is 1. The van der Waals surface area contributed by atoms with Gasteiger partial charge in [-0.15, -0.1) is 0 Å². The van der Waals surface area contributed by atoms with Crippen LogP contribution in [0.1, 0.15) is 25.0 Å². The van der Waals surface area contributed by atoms with Crippen LogP contribution >= 0.6 is 0 Å². The summed E-state index contributed by atoms with van der Waals surface area (Å²) in [6.07, 6.45) is 4.20. The van der Waals surface area contributed by atoms with Gasteiger partial charge in [0.1, 0.15) is 6.61 Å². The van der Waals surface area contributed by atoms with Crippen molar-refractivity contribution in [1.29, 1.82) is 0 Å². The summed E-state index contributed by atoms with van der Waals surface area (Å²) in [4.78, 5) is 19.2. The van der Waals surface area contributed by atoms with E-state index in [2.05, 4.69) is 18.8 Å². The molecule has 0 aliphatic carbocycles. The molecule has 0 bridgehead atoms. The van der Waals surface area contributed by atoms with Gasteiger partial charge in [-0.25, -0.2) is 0 Å². The molecule has 1 aromatic carbocycles. The van der Waals surface area contributed by atoms with E-state index >= 15 is 0 Å². The average Bonchev–Trinajstić information content (AvgIpc) is 2.66. The maximum Gasteiger partial charge on any atom is 0.229 e. The Morgan fingerprint density at radius 1 is 1.31 bits per heavy atom. The summed E-state index contributed by atoms with van der Waals surface area (Å²) in [6, 6.07) is 9.75. The molecule has 5 heteroatoms. The van der Waals surface area contributed by atoms with Gasteiger partial charge in [-0.2, -0.15) is 0 Å². The number of hydrogen-bond acceptors (Lipinski definition) is 4. The minimum atomic E-state index is -0.171. The van der Waals surface area contributed by atoms with E-state index in [1.54, 1.807) is 19.5 Å². The van der Waals surface area contributed by atoms with Crippen molar-refractivity contribution in [2.45, 2.75) is 26.8 Å². The smallest absolute Gasteiger partial charge is 0.229 e. The number of benzene rings is 1. The van der Waals surface area contributed by atoms with E-state index in [9.17, 15) is 4.79 Å². The maximum absolute atomic E-state index is 13.2. The number of carbonyl (C=O) groups excluding carboxylic acids is 1. The first kappa shape index (κ1) is 18.2. The number of fused-ring (bicyclic) bond motifs is 1. The van der Waals surface area contributed by atoms with Crippen LogP contribution in [0.2, 0.25) is 0 Å². The Morgan fingerprint density at radius 3 is 2.77 bits per heavy atom. The molecular formula is C21H26N2O3. The second kappa shape index (κ2) is 8.21. The van der Waals surface area contributed by atoms with Crippen molar-refractivity contribution in [3.63, 3.8) is 0 Å². The van der Waals surface area contributed by atoms with Crippen LogP contribution in [0.4, 0.5) is 0 Å². The van der Waals surface area contributed by atoms with Crippen molar-refractivity contribution in [2.24, 2.45) is 11.8 Å². The van der Waals surface area contributed by atoms with Gasteiger partial charge in [0.25, 0.3) is 0 Å². The van der Waals surface area contributed by atoms with Crippen molar-refractivity contribution in [3.05, 3.63) is 53.9 Å². The standard InChI is InChI=1S/C21H26N2O3/c1-15(2)12-23(13-16-7-9-22-10-8-16)21(24)18-11-17-5-4-6-19(25-3)20(17)26-14-18/h4-10,15,18H,11-14H2,1-3H3/t18-/m0/s1. The van der Waals surface area contributed by atoms with E-state index in [1.807, 2.05) is 35.2 Å². The second-order valence-corrected chi connectivity index (χ2v) is 7.13. The molecule has 1 aromatic heterocycles. The number of rotatable bonds is 6. The first-order valence-electron chi connectivity index (χ1n) is 9.05. The van der Waals surface area contributed by atoms with Crippen molar-refractivity contribution in [3.8, 4) is 11.5 Å². The average molecular weight is 354 g/mol. The molecule has 0 saturated carbocycles. The predicted molar refractivity (Wildman–Crippen MR) is 100 cm³/mol. The molecule has 1 aliphatic heterocycles. The Bertz CT molecular complexity index is 746. The van der Waals surface area contributed by atoms with Crippen LogP contribution in [0.3, 0.4) is 0 Å². The molecule has 2 aromatic rings. The molecule has 138 valence electrons. The van der Waals surface area contributed by atoms with Crippen LogP contribution in [-0.4, -0.2) is 36.1 Å². The third kappa shape index (κ3) is 4.15. The molecule has 1 atom stereocenters. The lowest BCUT2D eigenvalue weighted by Crippen LogP contribution is -2.42. The van der Waals surface area contributed by atoms with Gasteiger partial charge in [0, 0.05) is 25.5 Å². The van der Waals surface area contributed by atoms with Gasteiger partial charge in [0.2, 0.25) is 5.91 Å². The van der Waals surface area contributed by atoms with Crippen LogP contribution in [-0.2, 0) is 17.8 Å². The third-order valence-electron chi connectivity index (χ3n) is 4.54. The van der Waals surface area contributed by atoms with Crippen molar-refractivity contribution >= 4 is 5.91 Å². The molecule has 3 rings (SSSR count). The topological polar surface area (TPSA) is 51.7 Å². The molecular weight excluding hydrogens is 328 g/mol. The van der Waals surface area contributed by atoms with E-state index < -0.39 is 0 Å². The molecule has 5 nitrogen and oxygen atoms in total. The van der Waals surface area contributed by atoms with Crippen LogP contribution in [0.5, 0.6) is 11.5 Å². The Kier molecular flexibility index (Phi) is 5.76. The van der Waals surface area contributed by atoms with Crippen LogP contribution in [0.15, 0.2) is 42.7 Å². The van der Waals surface area contributed by atoms with Gasteiger partial charge < -0.3 is 14.4 Å². The van der Waals surface area contributed by atoms with Gasteiger partial charge in [-0.05, 0) is 41.7 Å². The van der Waals surface area contributed by atoms with Crippen molar-refractivity contribution < 1.29 is 14.3 Å². The van der Waals surface area contributed by atoms with Crippen LogP contribution < -0.4 is 9.47 Å². The highest BCUT2D eigenvalue weighted by Gasteiger charge is 2.31. The highest BCUT2D eigenvalue weighted by atomic mass is 16.5. The van der Waals surface area contributed by atoms with Gasteiger partial charge in [0.05, 0.1) is 13.0 Å². The maximum atomic E-state index is 13.2. The number of aromatic nitrogens is 1. The Balaban J connectivity index is 1.76. The van der Waals surface area contributed by atoms with Crippen LogP contribution in [0, 0.1) is 11.8 Å². The Hall–Kier alpha value is -2.56. The lowest BCUT2D eigenvalue weighted by atomic mass is 9.94. The minimum absolute atomic E-state index is 0.143. The first-order valence-corrected chi connectivity index (χ1v) is 9.05. The SMILES string of the molecule is COc1cccc2c1OC[C@@H](C(=O)N(Cc1ccncc1)CC(C)C)C2. The number of pyridine rings is 1. The molecule has 2 heterocycles. The van der Waals surface area contributed by atoms with E-state index in [4.69, 9.17) is 9.47 Å². The second-order valence-electron chi connectivity index (χ2n) is 7.13. The first-order chi connectivity index (χ1) is 12.6. The number of amides is 1. The van der Waals surface area contributed by atoms with Crippen molar-refractivity contribution in [1.82, 2.24) is 9.88 Å². The zero-order valence-electron chi connectivity index (χ0n) is 15.6. The summed E-state index contributed by atoms with van der Waals surface area (Å²) >= 11 is 0. The number of ether oxygens (including phenoxy) is 2. The van der Waals surface area contributed by atoms with Gasteiger partial charge in [-0.1, -0.05) is 26.0 Å². The zero-order valence-corrected chi connectivity index (χ0v) is 15.6. The Labute approximate surface area is 155 Å². The normalized spacial score (nSPS) is 15.9. The fourth-order valence-corrected chi connectivity index (χ4v) is 3.35. The molecule has 0 saturated heterocycles. The summed E-state index contributed by atoms with van der Waals surface area (Å²) in [6.45, 7) is 5.97. The molecule has 26 heavy (non-hydrogen) atoms. The van der Waals surface area contributed by atoms with E-state index in [-0.39, 0.29) is 11.8 Å². The largest absolute Gasteiger partial charge is 0.493 e. The lowest BCUT2D eigenvalue weighted by Gasteiger charge is -2.32. The van der Waals surface area contributed by atoms with Gasteiger partial charge >= 0.3 is 0 Å². The number of carbonyl (C=O) groups is 1. The highest BCUT2D eigenvalue weighted by molar-refractivity contribution is 5.80. The monoisotopic (exact) mass is 354 g/mol. The van der Waals surface area contributed by atoms with E-state index in [1.165, 1.54) is 0 Å². The fraction of sp³-hybridized carbons (Fsp3) is 0.429. The minimum Gasteiger partial charge on any atom is -0.493 e. The summed E-state index contributed by atoms with van der Waals surface area (Å²) in [5, 5.41) is 0. The molecule has 0 fully saturated rings. The number of methoxy groups -OCH3 is 1. The van der Waals surface area contributed by atoms with Crippen molar-refractivity contribution in [2.75, 3.05) is 20.3 Å². The summed E-state index contributed by atoms with van der Waals surface area (Å²) in [5.41, 5.74) is 2.12. The molecule has 0 radical (unpaired) electrons. The van der Waals surface area contributed by atoms with E-state index in [0.717, 1.165) is 29.2 Å².